The van der Waals surface area contributed by atoms with E-state index in [4.69, 9.17) is 5.11 Å². The minimum atomic E-state index is -0.624. The number of nitrogens with one attached hydrogen (secondary N) is 1. The summed E-state index contributed by atoms with van der Waals surface area (Å²) in [6.45, 7) is 3.27. The summed E-state index contributed by atoms with van der Waals surface area (Å²) in [6, 6.07) is 11.1. The van der Waals surface area contributed by atoms with Crippen molar-refractivity contribution < 1.29 is 9.90 Å². The molecule has 1 fully saturated rings. The molecule has 1 aromatic carbocycles. The zero-order chi connectivity index (χ0) is 14.4. The van der Waals surface area contributed by atoms with Gasteiger partial charge in [-0.1, -0.05) is 37.3 Å². The lowest BCUT2D eigenvalue weighted by atomic mass is 9.86. The van der Waals surface area contributed by atoms with Crippen molar-refractivity contribution in [1.29, 1.82) is 0 Å². The van der Waals surface area contributed by atoms with Gasteiger partial charge in [-0.05, 0) is 50.1 Å². The van der Waals surface area contributed by atoms with Crippen molar-refractivity contribution in [3.05, 3.63) is 35.9 Å². The highest BCUT2D eigenvalue weighted by atomic mass is 16.4. The van der Waals surface area contributed by atoms with Crippen LogP contribution in [0.25, 0.3) is 0 Å². The number of hydrogen-bond acceptors (Lipinski definition) is 2. The Balaban J connectivity index is 1.66. The van der Waals surface area contributed by atoms with Crippen LogP contribution < -0.4 is 5.32 Å². The fourth-order valence-electron chi connectivity index (χ4n) is 3.00. The third kappa shape index (κ3) is 4.34. The molecule has 1 aromatic rings. The Bertz CT molecular complexity index is 410. The minimum Gasteiger partial charge on any atom is -0.481 e. The normalized spacial score (nSPS) is 24.2. The first kappa shape index (κ1) is 15.0. The molecule has 0 saturated heterocycles. The Labute approximate surface area is 121 Å². The lowest BCUT2D eigenvalue weighted by Crippen LogP contribution is -2.35. The predicted molar refractivity (Wildman–Crippen MR) is 80.9 cm³/mol. The summed E-state index contributed by atoms with van der Waals surface area (Å²) >= 11 is 0. The van der Waals surface area contributed by atoms with E-state index in [0.717, 1.165) is 38.6 Å². The topological polar surface area (TPSA) is 49.3 Å². The van der Waals surface area contributed by atoms with E-state index in [1.807, 2.05) is 0 Å². The molecule has 1 unspecified atom stereocenters. The highest BCUT2D eigenvalue weighted by molar-refractivity contribution is 5.70. The molecule has 0 aliphatic heterocycles. The van der Waals surface area contributed by atoms with Gasteiger partial charge in [0, 0.05) is 6.04 Å². The highest BCUT2D eigenvalue weighted by Gasteiger charge is 2.25. The van der Waals surface area contributed by atoms with Gasteiger partial charge in [-0.2, -0.15) is 0 Å². The van der Waals surface area contributed by atoms with E-state index in [0.29, 0.717) is 12.0 Å². The molecule has 0 aromatic heterocycles. The zero-order valence-corrected chi connectivity index (χ0v) is 12.2. The third-order valence-corrected chi connectivity index (χ3v) is 4.46. The molecule has 1 aliphatic carbocycles. The molecule has 0 spiro atoms. The van der Waals surface area contributed by atoms with Crippen molar-refractivity contribution in [2.45, 2.75) is 51.0 Å². The second-order valence-corrected chi connectivity index (χ2v) is 5.94. The van der Waals surface area contributed by atoms with Crippen LogP contribution in [0.3, 0.4) is 0 Å². The minimum absolute atomic E-state index is 0.115. The van der Waals surface area contributed by atoms with Crippen LogP contribution in [0.5, 0.6) is 0 Å². The number of carboxylic acid groups (broad SMARTS) is 1. The summed E-state index contributed by atoms with van der Waals surface area (Å²) in [5.74, 6) is -0.170. The summed E-state index contributed by atoms with van der Waals surface area (Å²) in [5.41, 5.74) is 1.39. The first-order chi connectivity index (χ1) is 9.66. The lowest BCUT2D eigenvalue weighted by molar-refractivity contribution is -0.142. The first-order valence-electron chi connectivity index (χ1n) is 7.68. The SMILES string of the molecule is CC(CCNC1CCC(C(=O)O)CC1)c1ccccc1. The molecule has 110 valence electrons. The van der Waals surface area contributed by atoms with Crippen LogP contribution in [0.15, 0.2) is 30.3 Å². The molecule has 3 nitrogen and oxygen atoms in total. The molecule has 0 heterocycles. The smallest absolute Gasteiger partial charge is 0.306 e. The van der Waals surface area contributed by atoms with Crippen molar-refractivity contribution in [2.24, 2.45) is 5.92 Å². The number of rotatable bonds is 6. The zero-order valence-electron chi connectivity index (χ0n) is 12.2. The highest BCUT2D eigenvalue weighted by Crippen LogP contribution is 2.25. The molecule has 1 atom stereocenters. The van der Waals surface area contributed by atoms with Crippen LogP contribution in [0.1, 0.15) is 50.5 Å². The van der Waals surface area contributed by atoms with Crippen LogP contribution in [0, 0.1) is 5.92 Å². The predicted octanol–water partition coefficient (Wildman–Crippen LogP) is 3.41. The first-order valence-corrected chi connectivity index (χ1v) is 7.68. The van der Waals surface area contributed by atoms with Gasteiger partial charge in [-0.15, -0.1) is 0 Å². The van der Waals surface area contributed by atoms with E-state index >= 15 is 0 Å². The Hall–Kier alpha value is -1.35. The molecule has 3 heteroatoms. The van der Waals surface area contributed by atoms with Gasteiger partial charge in [0.15, 0.2) is 0 Å². The van der Waals surface area contributed by atoms with E-state index in [9.17, 15) is 4.79 Å². The van der Waals surface area contributed by atoms with Gasteiger partial charge in [-0.25, -0.2) is 0 Å². The van der Waals surface area contributed by atoms with Crippen molar-refractivity contribution in [1.82, 2.24) is 5.32 Å². The van der Waals surface area contributed by atoms with Crippen LogP contribution in [-0.4, -0.2) is 23.7 Å². The number of aliphatic carboxylic acids is 1. The molecule has 0 radical (unpaired) electrons. The number of carbonyl (C=O) groups is 1. The lowest BCUT2D eigenvalue weighted by Gasteiger charge is -2.27. The van der Waals surface area contributed by atoms with E-state index < -0.39 is 5.97 Å². The Kier molecular flexibility index (Phi) is 5.60. The van der Waals surface area contributed by atoms with Gasteiger partial charge in [-0.3, -0.25) is 4.79 Å². The molecule has 2 N–H and O–H groups in total. The van der Waals surface area contributed by atoms with Crippen LogP contribution in [-0.2, 0) is 4.79 Å². The Morgan fingerprint density at radius 2 is 1.90 bits per heavy atom. The summed E-state index contributed by atoms with van der Waals surface area (Å²) < 4.78 is 0. The average Bonchev–Trinajstić information content (AvgIpc) is 2.48. The molecule has 0 amide bonds. The molecule has 20 heavy (non-hydrogen) atoms. The summed E-state index contributed by atoms with van der Waals surface area (Å²) in [5, 5.41) is 12.6. The second kappa shape index (κ2) is 7.44. The monoisotopic (exact) mass is 275 g/mol. The Morgan fingerprint density at radius 3 is 2.50 bits per heavy atom. The fraction of sp³-hybridized carbons (Fsp3) is 0.588. The molecule has 1 aliphatic rings. The third-order valence-electron chi connectivity index (χ3n) is 4.46. The van der Waals surface area contributed by atoms with Crippen molar-refractivity contribution in [3.8, 4) is 0 Å². The van der Waals surface area contributed by atoms with Crippen LogP contribution >= 0.6 is 0 Å². The number of carboxylic acids is 1. The Morgan fingerprint density at radius 1 is 1.25 bits per heavy atom. The summed E-state index contributed by atoms with van der Waals surface area (Å²) in [6.07, 6.45) is 4.76. The van der Waals surface area contributed by atoms with Gasteiger partial charge >= 0.3 is 5.97 Å². The van der Waals surface area contributed by atoms with E-state index in [2.05, 4.69) is 42.6 Å². The summed E-state index contributed by atoms with van der Waals surface area (Å²) in [7, 11) is 0. The van der Waals surface area contributed by atoms with Gasteiger partial charge < -0.3 is 10.4 Å². The fourth-order valence-corrected chi connectivity index (χ4v) is 3.00. The second-order valence-electron chi connectivity index (χ2n) is 5.94. The molecule has 2 rings (SSSR count). The van der Waals surface area contributed by atoms with E-state index in [-0.39, 0.29) is 5.92 Å². The van der Waals surface area contributed by atoms with Gasteiger partial charge in [0.05, 0.1) is 5.92 Å². The van der Waals surface area contributed by atoms with E-state index in [1.54, 1.807) is 0 Å². The molecular formula is C17H25NO2. The van der Waals surface area contributed by atoms with Crippen molar-refractivity contribution >= 4 is 5.97 Å². The van der Waals surface area contributed by atoms with Gasteiger partial charge in [0.1, 0.15) is 0 Å². The maximum atomic E-state index is 10.9. The molecule has 0 bridgehead atoms. The quantitative estimate of drug-likeness (QED) is 0.836. The average molecular weight is 275 g/mol. The van der Waals surface area contributed by atoms with Crippen molar-refractivity contribution in [2.75, 3.05) is 6.54 Å². The van der Waals surface area contributed by atoms with Crippen LogP contribution in [0.4, 0.5) is 0 Å². The van der Waals surface area contributed by atoms with Crippen LogP contribution in [0.2, 0.25) is 0 Å². The van der Waals surface area contributed by atoms with Gasteiger partial charge in [0.25, 0.3) is 0 Å². The largest absolute Gasteiger partial charge is 0.481 e. The number of benzene rings is 1. The molecule has 1 saturated carbocycles. The number of hydrogen-bond donors (Lipinski definition) is 2. The van der Waals surface area contributed by atoms with Crippen molar-refractivity contribution in [3.63, 3.8) is 0 Å². The summed E-state index contributed by atoms with van der Waals surface area (Å²) in [4.78, 5) is 10.9. The standard InChI is InChI=1S/C17H25NO2/c1-13(14-5-3-2-4-6-14)11-12-18-16-9-7-15(8-10-16)17(19)20/h2-6,13,15-16,18H,7-12H2,1H3,(H,19,20). The maximum absolute atomic E-state index is 10.9. The van der Waals surface area contributed by atoms with Gasteiger partial charge in [0.2, 0.25) is 0 Å². The van der Waals surface area contributed by atoms with E-state index in [1.165, 1.54) is 5.56 Å². The maximum Gasteiger partial charge on any atom is 0.306 e. The molecular weight excluding hydrogens is 250 g/mol.